The van der Waals surface area contributed by atoms with Crippen molar-refractivity contribution >= 4 is 6.09 Å². The summed E-state index contributed by atoms with van der Waals surface area (Å²) < 4.78 is 10.5. The van der Waals surface area contributed by atoms with Gasteiger partial charge in [-0.3, -0.25) is 0 Å². The number of aliphatic hydroxyl groups is 1. The molecule has 6 heteroatoms. The minimum atomic E-state index is -1.41. The third-order valence-electron chi connectivity index (χ3n) is 3.42. The van der Waals surface area contributed by atoms with Gasteiger partial charge in [0.25, 0.3) is 0 Å². The van der Waals surface area contributed by atoms with Crippen molar-refractivity contribution in [2.24, 2.45) is 0 Å². The monoisotopic (exact) mass is 332 g/mol. The zero-order chi connectivity index (χ0) is 17.6. The quantitative estimate of drug-likeness (QED) is 0.849. The normalized spacial score (nSPS) is 14.0. The molecule has 1 aromatic carbocycles. The Kier molecular flexibility index (Phi) is 5.62. The van der Waals surface area contributed by atoms with Crippen LogP contribution in [0.15, 0.2) is 47.2 Å². The first-order chi connectivity index (χ1) is 11.3. The van der Waals surface area contributed by atoms with Crippen LogP contribution in [0.5, 0.6) is 0 Å². The van der Waals surface area contributed by atoms with Crippen LogP contribution in [0.4, 0.5) is 4.79 Å². The van der Waals surface area contributed by atoms with Gasteiger partial charge in [0.1, 0.15) is 11.9 Å². The second kappa shape index (κ2) is 7.49. The Labute approximate surface area is 141 Å². The Morgan fingerprint density at radius 3 is 2.58 bits per heavy atom. The highest BCUT2D eigenvalue weighted by atomic mass is 16.6. The molecule has 0 bridgehead atoms. The van der Waals surface area contributed by atoms with E-state index in [1.54, 1.807) is 20.8 Å². The number of hydrogen-bond donors (Lipinski definition) is 2. The lowest BCUT2D eigenvalue weighted by Crippen LogP contribution is -2.43. The number of nitrogens with zero attached hydrogens (tertiary/aromatic N) is 1. The molecule has 1 heterocycles. The summed E-state index contributed by atoms with van der Waals surface area (Å²) in [6.07, 6.45) is 3.25. The fourth-order valence-electron chi connectivity index (χ4n) is 2.25. The van der Waals surface area contributed by atoms with Gasteiger partial charge in [-0.05, 0) is 39.2 Å². The van der Waals surface area contributed by atoms with E-state index in [9.17, 15) is 9.90 Å². The van der Waals surface area contributed by atoms with Gasteiger partial charge in [0, 0.05) is 0 Å². The van der Waals surface area contributed by atoms with Gasteiger partial charge in [-0.25, -0.2) is 9.78 Å². The third-order valence-corrected chi connectivity index (χ3v) is 3.42. The van der Waals surface area contributed by atoms with Crippen molar-refractivity contribution < 1.29 is 19.1 Å². The predicted molar refractivity (Wildman–Crippen MR) is 89.4 cm³/mol. The standard InChI is InChI=1S/C18H24N2O4/c1-17(2,3)24-16(21)20-13-18(22,15-19-11-12-23-15)10-9-14-7-5-4-6-8-14/h4-8,11-12,22H,9-10,13H2,1-3H3,(H,20,21). The molecule has 2 N–H and O–H groups in total. The van der Waals surface area contributed by atoms with Crippen LogP contribution in [0.2, 0.25) is 0 Å². The number of carbonyl (C=O) groups is 1. The van der Waals surface area contributed by atoms with Crippen LogP contribution in [-0.2, 0) is 16.8 Å². The van der Waals surface area contributed by atoms with Crippen LogP contribution >= 0.6 is 0 Å². The molecule has 24 heavy (non-hydrogen) atoms. The van der Waals surface area contributed by atoms with Crippen LogP contribution < -0.4 is 5.32 Å². The van der Waals surface area contributed by atoms with Gasteiger partial charge in [0.2, 0.25) is 5.89 Å². The van der Waals surface area contributed by atoms with Gasteiger partial charge in [-0.1, -0.05) is 30.3 Å². The van der Waals surface area contributed by atoms with Crippen molar-refractivity contribution in [3.05, 3.63) is 54.2 Å². The molecule has 0 aliphatic rings. The maximum Gasteiger partial charge on any atom is 0.407 e. The first-order valence-electron chi connectivity index (χ1n) is 7.92. The van der Waals surface area contributed by atoms with E-state index in [-0.39, 0.29) is 12.4 Å². The zero-order valence-electron chi connectivity index (χ0n) is 14.3. The van der Waals surface area contributed by atoms with Crippen molar-refractivity contribution in [1.29, 1.82) is 0 Å². The molecule has 1 atom stereocenters. The molecular formula is C18H24N2O4. The minimum Gasteiger partial charge on any atom is -0.446 e. The Morgan fingerprint density at radius 2 is 2.00 bits per heavy atom. The number of alkyl carbamates (subject to hydrolysis) is 1. The number of hydrogen-bond acceptors (Lipinski definition) is 5. The fourth-order valence-corrected chi connectivity index (χ4v) is 2.25. The highest BCUT2D eigenvalue weighted by Gasteiger charge is 2.34. The zero-order valence-corrected chi connectivity index (χ0v) is 14.3. The number of rotatable bonds is 6. The number of amides is 1. The maximum absolute atomic E-state index is 11.9. The first kappa shape index (κ1) is 18.0. The number of benzene rings is 1. The van der Waals surface area contributed by atoms with Gasteiger partial charge in [-0.2, -0.15) is 0 Å². The van der Waals surface area contributed by atoms with E-state index in [1.165, 1.54) is 12.5 Å². The fraction of sp³-hybridized carbons (Fsp3) is 0.444. The average molecular weight is 332 g/mol. The van der Waals surface area contributed by atoms with E-state index < -0.39 is 17.3 Å². The highest BCUT2D eigenvalue weighted by Crippen LogP contribution is 2.25. The number of aromatic nitrogens is 1. The van der Waals surface area contributed by atoms with Gasteiger partial charge < -0.3 is 19.6 Å². The van der Waals surface area contributed by atoms with Crippen LogP contribution in [-0.4, -0.2) is 28.3 Å². The molecule has 1 unspecified atom stereocenters. The molecule has 0 aliphatic carbocycles. The first-order valence-corrected chi connectivity index (χ1v) is 7.92. The summed E-state index contributed by atoms with van der Waals surface area (Å²) in [6.45, 7) is 5.29. The van der Waals surface area contributed by atoms with Gasteiger partial charge in [-0.15, -0.1) is 0 Å². The summed E-state index contributed by atoms with van der Waals surface area (Å²) in [5.41, 5.74) is -0.925. The largest absolute Gasteiger partial charge is 0.446 e. The highest BCUT2D eigenvalue weighted by molar-refractivity contribution is 5.67. The molecular weight excluding hydrogens is 308 g/mol. The lowest BCUT2D eigenvalue weighted by molar-refractivity contribution is -0.00411. The average Bonchev–Trinajstić information content (AvgIpc) is 3.05. The van der Waals surface area contributed by atoms with E-state index in [2.05, 4.69) is 10.3 Å². The third kappa shape index (κ3) is 5.38. The Hall–Kier alpha value is -2.34. The van der Waals surface area contributed by atoms with Crippen molar-refractivity contribution in [1.82, 2.24) is 10.3 Å². The van der Waals surface area contributed by atoms with Crippen molar-refractivity contribution in [2.45, 2.75) is 44.8 Å². The van der Waals surface area contributed by atoms with Crippen LogP contribution in [0.3, 0.4) is 0 Å². The Morgan fingerprint density at radius 1 is 1.29 bits per heavy atom. The number of oxazole rings is 1. The lowest BCUT2D eigenvalue weighted by Gasteiger charge is -2.26. The predicted octanol–water partition coefficient (Wildman–Crippen LogP) is 3.02. The number of aryl methyl sites for hydroxylation is 1. The van der Waals surface area contributed by atoms with Crippen molar-refractivity contribution in [2.75, 3.05) is 6.54 Å². The maximum atomic E-state index is 11.9. The van der Waals surface area contributed by atoms with Crippen LogP contribution in [0, 0.1) is 0 Å². The molecule has 1 amide bonds. The second-order valence-corrected chi connectivity index (χ2v) is 6.71. The van der Waals surface area contributed by atoms with Gasteiger partial charge in [0.05, 0.1) is 12.7 Å². The smallest absolute Gasteiger partial charge is 0.407 e. The number of ether oxygens (including phenoxy) is 1. The SMILES string of the molecule is CC(C)(C)OC(=O)NCC(O)(CCc1ccccc1)c1ncco1. The van der Waals surface area contributed by atoms with E-state index in [4.69, 9.17) is 9.15 Å². The van der Waals surface area contributed by atoms with Crippen molar-refractivity contribution in [3.8, 4) is 0 Å². The lowest BCUT2D eigenvalue weighted by atomic mass is 9.94. The Balaban J connectivity index is 2.03. The summed E-state index contributed by atoms with van der Waals surface area (Å²) >= 11 is 0. The van der Waals surface area contributed by atoms with Crippen molar-refractivity contribution in [3.63, 3.8) is 0 Å². The summed E-state index contributed by atoms with van der Waals surface area (Å²) in [6, 6.07) is 9.79. The topological polar surface area (TPSA) is 84.6 Å². The molecule has 2 rings (SSSR count). The summed E-state index contributed by atoms with van der Waals surface area (Å²) in [5.74, 6) is 0.175. The molecule has 130 valence electrons. The summed E-state index contributed by atoms with van der Waals surface area (Å²) in [5, 5.41) is 13.5. The number of carbonyl (C=O) groups excluding carboxylic acids is 1. The molecule has 0 radical (unpaired) electrons. The van der Waals surface area contributed by atoms with Crippen LogP contribution in [0.25, 0.3) is 0 Å². The van der Waals surface area contributed by atoms with E-state index in [1.807, 2.05) is 30.3 Å². The van der Waals surface area contributed by atoms with Gasteiger partial charge in [0.15, 0.2) is 5.60 Å². The van der Waals surface area contributed by atoms with Crippen LogP contribution in [0.1, 0.15) is 38.6 Å². The van der Waals surface area contributed by atoms with E-state index >= 15 is 0 Å². The molecule has 0 spiro atoms. The number of nitrogens with one attached hydrogen (secondary N) is 1. The van der Waals surface area contributed by atoms with Gasteiger partial charge >= 0.3 is 6.09 Å². The molecule has 2 aromatic rings. The molecule has 0 saturated carbocycles. The molecule has 6 nitrogen and oxygen atoms in total. The minimum absolute atomic E-state index is 0.0464. The summed E-state index contributed by atoms with van der Waals surface area (Å²) in [7, 11) is 0. The molecule has 0 aliphatic heterocycles. The molecule has 1 aromatic heterocycles. The summed E-state index contributed by atoms with van der Waals surface area (Å²) in [4.78, 5) is 15.9. The van der Waals surface area contributed by atoms with E-state index in [0.29, 0.717) is 12.8 Å². The Bertz CT molecular complexity index is 635. The molecule has 0 saturated heterocycles. The second-order valence-electron chi connectivity index (χ2n) is 6.71. The van der Waals surface area contributed by atoms with E-state index in [0.717, 1.165) is 5.56 Å². The molecule has 0 fully saturated rings.